The van der Waals surface area contributed by atoms with Crippen LogP contribution in [0.25, 0.3) is 0 Å². The number of rotatable bonds is 7. The van der Waals surface area contributed by atoms with Crippen LogP contribution in [-0.4, -0.2) is 16.8 Å². The summed E-state index contributed by atoms with van der Waals surface area (Å²) in [4.78, 5) is 0. The molecule has 0 aromatic carbocycles. The van der Waals surface area contributed by atoms with Gasteiger partial charge in [0.05, 0.1) is 0 Å². The summed E-state index contributed by atoms with van der Waals surface area (Å²) < 4.78 is 0. The summed E-state index contributed by atoms with van der Waals surface area (Å²) in [5.74, 6) is 3.49. The summed E-state index contributed by atoms with van der Waals surface area (Å²) in [6.07, 6.45) is 4.19. The summed E-state index contributed by atoms with van der Waals surface area (Å²) in [6, 6.07) is 0. The van der Waals surface area contributed by atoms with Crippen molar-refractivity contribution in [3.05, 3.63) is 0 Å². The van der Waals surface area contributed by atoms with Gasteiger partial charge < -0.3 is 0 Å². The molecular weight excluding hydrogens is 220 g/mol. The molecule has 0 aromatic heterocycles. The zero-order valence-electron chi connectivity index (χ0n) is 7.61. The molecular formula is C9H19BrS. The van der Waals surface area contributed by atoms with Gasteiger partial charge in [-0.1, -0.05) is 36.2 Å². The topological polar surface area (TPSA) is 0 Å². The first-order valence-electron chi connectivity index (χ1n) is 4.45. The van der Waals surface area contributed by atoms with Gasteiger partial charge in [0.2, 0.25) is 0 Å². The second-order valence-corrected chi connectivity index (χ2v) is 4.99. The van der Waals surface area contributed by atoms with Crippen molar-refractivity contribution < 1.29 is 0 Å². The Morgan fingerprint density at radius 1 is 1.36 bits per heavy atom. The lowest BCUT2D eigenvalue weighted by Crippen LogP contribution is -1.95. The second-order valence-electron chi connectivity index (χ2n) is 2.95. The molecule has 0 saturated heterocycles. The third-order valence-corrected chi connectivity index (χ3v) is 3.79. The Morgan fingerprint density at radius 3 is 2.64 bits per heavy atom. The van der Waals surface area contributed by atoms with Crippen molar-refractivity contribution >= 4 is 27.7 Å². The van der Waals surface area contributed by atoms with Gasteiger partial charge in [-0.3, -0.25) is 0 Å². The molecule has 0 bridgehead atoms. The van der Waals surface area contributed by atoms with Gasteiger partial charge >= 0.3 is 0 Å². The molecule has 0 N–H and O–H groups in total. The van der Waals surface area contributed by atoms with Crippen LogP contribution in [-0.2, 0) is 0 Å². The predicted octanol–water partition coefficient (Wildman–Crippen LogP) is 3.94. The van der Waals surface area contributed by atoms with E-state index in [2.05, 4.69) is 41.5 Å². The van der Waals surface area contributed by atoms with E-state index in [0.29, 0.717) is 0 Å². The highest BCUT2D eigenvalue weighted by molar-refractivity contribution is 9.09. The van der Waals surface area contributed by atoms with Gasteiger partial charge in [0.15, 0.2) is 0 Å². The Kier molecular flexibility index (Phi) is 9.60. The van der Waals surface area contributed by atoms with E-state index in [1.807, 2.05) is 0 Å². The third-order valence-electron chi connectivity index (χ3n) is 1.70. The van der Waals surface area contributed by atoms with Crippen LogP contribution in [0.2, 0.25) is 0 Å². The standard InChI is InChI=1S/C9H19BrS/c1-3-11-7-5-4-6-9(2)8-10/h9H,3-8H2,1-2H3. The molecule has 0 aliphatic heterocycles. The average molecular weight is 239 g/mol. The average Bonchev–Trinajstić information content (AvgIpc) is 2.04. The maximum atomic E-state index is 3.49. The fourth-order valence-electron chi connectivity index (χ4n) is 0.918. The number of unbranched alkanes of at least 4 members (excludes halogenated alkanes) is 1. The van der Waals surface area contributed by atoms with Gasteiger partial charge in [-0.05, 0) is 30.3 Å². The van der Waals surface area contributed by atoms with Crippen LogP contribution in [0.3, 0.4) is 0 Å². The number of halogens is 1. The molecule has 1 unspecified atom stereocenters. The fourth-order valence-corrected chi connectivity index (χ4v) is 1.94. The number of hydrogen-bond donors (Lipinski definition) is 0. The van der Waals surface area contributed by atoms with E-state index in [1.165, 1.54) is 30.8 Å². The molecule has 0 aliphatic carbocycles. The number of thioether (sulfide) groups is 1. The normalized spacial score (nSPS) is 13.4. The van der Waals surface area contributed by atoms with Crippen LogP contribution in [0.5, 0.6) is 0 Å². The van der Waals surface area contributed by atoms with Gasteiger partial charge in [0, 0.05) is 5.33 Å². The van der Waals surface area contributed by atoms with Crippen molar-refractivity contribution in [2.75, 3.05) is 16.8 Å². The van der Waals surface area contributed by atoms with Crippen LogP contribution >= 0.6 is 27.7 Å². The van der Waals surface area contributed by atoms with Crippen molar-refractivity contribution in [1.29, 1.82) is 0 Å². The molecule has 11 heavy (non-hydrogen) atoms. The van der Waals surface area contributed by atoms with E-state index < -0.39 is 0 Å². The predicted molar refractivity (Wildman–Crippen MR) is 59.8 cm³/mol. The van der Waals surface area contributed by atoms with E-state index in [-0.39, 0.29) is 0 Å². The molecule has 0 radical (unpaired) electrons. The van der Waals surface area contributed by atoms with E-state index >= 15 is 0 Å². The van der Waals surface area contributed by atoms with Gasteiger partial charge in [0.1, 0.15) is 0 Å². The molecule has 0 amide bonds. The first-order valence-corrected chi connectivity index (χ1v) is 6.72. The monoisotopic (exact) mass is 238 g/mol. The Balaban J connectivity index is 2.89. The summed E-state index contributed by atoms with van der Waals surface area (Å²) in [5, 5.41) is 1.16. The number of hydrogen-bond acceptors (Lipinski definition) is 1. The van der Waals surface area contributed by atoms with Crippen molar-refractivity contribution in [2.45, 2.75) is 33.1 Å². The Labute approximate surface area is 83.6 Å². The van der Waals surface area contributed by atoms with Gasteiger partial charge in [-0.2, -0.15) is 11.8 Å². The summed E-state index contributed by atoms with van der Waals surface area (Å²) in [6.45, 7) is 4.54. The van der Waals surface area contributed by atoms with Crippen molar-refractivity contribution in [3.63, 3.8) is 0 Å². The first-order chi connectivity index (χ1) is 5.31. The molecule has 0 aliphatic rings. The largest absolute Gasteiger partial charge is 0.162 e. The molecule has 0 aromatic rings. The third kappa shape index (κ3) is 8.74. The van der Waals surface area contributed by atoms with Crippen LogP contribution in [0, 0.1) is 5.92 Å². The van der Waals surface area contributed by atoms with Crippen LogP contribution in [0.1, 0.15) is 33.1 Å². The Hall–Kier alpha value is 0.830. The Morgan fingerprint density at radius 2 is 2.09 bits per heavy atom. The molecule has 0 spiro atoms. The summed E-state index contributed by atoms with van der Waals surface area (Å²) in [7, 11) is 0. The summed E-state index contributed by atoms with van der Waals surface area (Å²) in [5.41, 5.74) is 0. The highest BCUT2D eigenvalue weighted by atomic mass is 79.9. The van der Waals surface area contributed by atoms with Crippen molar-refractivity contribution in [2.24, 2.45) is 5.92 Å². The molecule has 0 saturated carbocycles. The van der Waals surface area contributed by atoms with E-state index in [1.54, 1.807) is 0 Å². The lowest BCUT2D eigenvalue weighted by Gasteiger charge is -2.05. The summed E-state index contributed by atoms with van der Waals surface area (Å²) >= 11 is 5.55. The number of alkyl halides is 1. The minimum Gasteiger partial charge on any atom is -0.162 e. The van der Waals surface area contributed by atoms with Gasteiger partial charge in [0.25, 0.3) is 0 Å². The van der Waals surface area contributed by atoms with E-state index in [4.69, 9.17) is 0 Å². The second kappa shape index (κ2) is 8.92. The lowest BCUT2D eigenvalue weighted by molar-refractivity contribution is 0.562. The van der Waals surface area contributed by atoms with Gasteiger partial charge in [-0.25, -0.2) is 0 Å². The minimum absolute atomic E-state index is 0.863. The van der Waals surface area contributed by atoms with Crippen LogP contribution in [0.4, 0.5) is 0 Å². The molecule has 0 fully saturated rings. The molecule has 0 nitrogen and oxygen atoms in total. The van der Waals surface area contributed by atoms with Crippen LogP contribution < -0.4 is 0 Å². The van der Waals surface area contributed by atoms with Crippen molar-refractivity contribution in [3.8, 4) is 0 Å². The maximum absolute atomic E-state index is 3.49. The fraction of sp³-hybridized carbons (Fsp3) is 1.00. The molecule has 2 heteroatoms. The zero-order valence-corrected chi connectivity index (χ0v) is 10.0. The smallest absolute Gasteiger partial charge is 0.00570 e. The van der Waals surface area contributed by atoms with Gasteiger partial charge in [-0.15, -0.1) is 0 Å². The highest BCUT2D eigenvalue weighted by Gasteiger charge is 1.98. The molecule has 68 valence electrons. The minimum atomic E-state index is 0.863. The molecule has 0 rings (SSSR count). The quantitative estimate of drug-likeness (QED) is 0.479. The SMILES string of the molecule is CCSCCCCC(C)CBr. The Bertz CT molecular complexity index is 76.0. The van der Waals surface area contributed by atoms with E-state index in [9.17, 15) is 0 Å². The molecule has 0 heterocycles. The maximum Gasteiger partial charge on any atom is 0.00570 e. The zero-order chi connectivity index (χ0) is 8.53. The lowest BCUT2D eigenvalue weighted by atomic mass is 10.1. The highest BCUT2D eigenvalue weighted by Crippen LogP contribution is 2.12. The van der Waals surface area contributed by atoms with E-state index in [0.717, 1.165) is 11.2 Å². The first kappa shape index (κ1) is 11.8. The van der Waals surface area contributed by atoms with Crippen molar-refractivity contribution in [1.82, 2.24) is 0 Å². The van der Waals surface area contributed by atoms with Crippen LogP contribution in [0.15, 0.2) is 0 Å². The molecule has 1 atom stereocenters.